The lowest BCUT2D eigenvalue weighted by molar-refractivity contribution is -0.384. The molecule has 1 aliphatic rings. The summed E-state index contributed by atoms with van der Waals surface area (Å²) < 4.78 is 24.8. The van der Waals surface area contributed by atoms with Crippen molar-refractivity contribution >= 4 is 23.7 Å². The Labute approximate surface area is 180 Å². The third kappa shape index (κ3) is 3.93. The van der Waals surface area contributed by atoms with Crippen molar-refractivity contribution in [1.29, 1.82) is 0 Å². The standard InChI is InChI=1S/C22H16FN3O6/c1-31-20-10-14(26(29)30)6-8-16(20)19-9-7-15(32-19)11-18-21(27)25(22(28)24-18)12-13-4-2-3-5-17(13)23/h2-11H,12H2,1H3,(H,24,28). The van der Waals surface area contributed by atoms with Crippen LogP contribution in [0.4, 0.5) is 14.9 Å². The second kappa shape index (κ2) is 8.34. The molecule has 1 aliphatic heterocycles. The summed E-state index contributed by atoms with van der Waals surface area (Å²) in [6.45, 7) is -0.210. The van der Waals surface area contributed by atoms with Crippen LogP contribution in [-0.4, -0.2) is 28.9 Å². The van der Waals surface area contributed by atoms with Crippen molar-refractivity contribution in [2.24, 2.45) is 0 Å². The molecule has 1 aromatic heterocycles. The van der Waals surface area contributed by atoms with Crippen LogP contribution in [0.3, 0.4) is 0 Å². The van der Waals surface area contributed by atoms with Crippen LogP contribution in [0.5, 0.6) is 5.75 Å². The molecular formula is C22H16FN3O6. The van der Waals surface area contributed by atoms with Gasteiger partial charge in [-0.3, -0.25) is 19.8 Å². The summed E-state index contributed by atoms with van der Waals surface area (Å²) in [7, 11) is 1.38. The minimum atomic E-state index is -0.673. The van der Waals surface area contributed by atoms with Gasteiger partial charge in [0.25, 0.3) is 11.6 Å². The van der Waals surface area contributed by atoms with Gasteiger partial charge in [-0.2, -0.15) is 0 Å². The highest BCUT2D eigenvalue weighted by Crippen LogP contribution is 2.34. The number of nitro groups is 1. The number of amides is 3. The third-order valence-electron chi connectivity index (χ3n) is 4.82. The van der Waals surface area contributed by atoms with Crippen LogP contribution in [0.25, 0.3) is 17.4 Å². The average Bonchev–Trinajstić information content (AvgIpc) is 3.34. The molecule has 0 radical (unpaired) electrons. The van der Waals surface area contributed by atoms with Crippen molar-refractivity contribution in [2.75, 3.05) is 7.11 Å². The van der Waals surface area contributed by atoms with E-state index in [4.69, 9.17) is 9.15 Å². The lowest BCUT2D eigenvalue weighted by Gasteiger charge is -2.12. The summed E-state index contributed by atoms with van der Waals surface area (Å²) in [4.78, 5) is 36.2. The number of non-ortho nitro benzene ring substituents is 1. The Hall–Kier alpha value is -4.47. The Bertz CT molecular complexity index is 1270. The molecule has 162 valence electrons. The summed E-state index contributed by atoms with van der Waals surface area (Å²) in [5, 5.41) is 13.4. The molecule has 0 bridgehead atoms. The number of furan rings is 1. The Balaban J connectivity index is 1.57. The molecule has 1 fully saturated rings. The van der Waals surface area contributed by atoms with Crippen LogP contribution in [0.1, 0.15) is 11.3 Å². The summed E-state index contributed by atoms with van der Waals surface area (Å²) >= 11 is 0. The smallest absolute Gasteiger partial charge is 0.329 e. The number of benzene rings is 2. The van der Waals surface area contributed by atoms with Gasteiger partial charge < -0.3 is 14.5 Å². The highest BCUT2D eigenvalue weighted by atomic mass is 19.1. The molecule has 2 aromatic carbocycles. The first-order chi connectivity index (χ1) is 15.4. The van der Waals surface area contributed by atoms with E-state index in [1.807, 2.05) is 0 Å². The van der Waals surface area contributed by atoms with E-state index in [9.17, 15) is 24.1 Å². The molecule has 10 heteroatoms. The van der Waals surface area contributed by atoms with Crippen LogP contribution in [0.15, 0.2) is 64.7 Å². The maximum atomic E-state index is 13.9. The largest absolute Gasteiger partial charge is 0.496 e. The number of nitrogens with zero attached hydrogens (tertiary/aromatic N) is 2. The Kier molecular flexibility index (Phi) is 5.42. The molecule has 0 atom stereocenters. The number of nitro benzene ring substituents is 1. The van der Waals surface area contributed by atoms with E-state index in [0.717, 1.165) is 4.90 Å². The van der Waals surface area contributed by atoms with Gasteiger partial charge in [0.1, 0.15) is 28.8 Å². The highest BCUT2D eigenvalue weighted by Gasteiger charge is 2.34. The number of hydrogen-bond acceptors (Lipinski definition) is 6. The van der Waals surface area contributed by atoms with Crippen molar-refractivity contribution in [3.05, 3.63) is 87.5 Å². The predicted octanol–water partition coefficient (Wildman–Crippen LogP) is 4.10. The first-order valence-corrected chi connectivity index (χ1v) is 9.38. The summed E-state index contributed by atoms with van der Waals surface area (Å²) in [5.41, 5.74) is 0.533. The van der Waals surface area contributed by atoms with Crippen LogP contribution >= 0.6 is 0 Å². The Morgan fingerprint density at radius 2 is 1.97 bits per heavy atom. The quantitative estimate of drug-likeness (QED) is 0.269. The molecule has 0 unspecified atom stereocenters. The first kappa shape index (κ1) is 20.8. The van der Waals surface area contributed by atoms with Crippen LogP contribution in [0, 0.1) is 15.9 Å². The minimum absolute atomic E-state index is 0.0251. The number of carbonyl (C=O) groups excluding carboxylic acids is 2. The van der Waals surface area contributed by atoms with E-state index >= 15 is 0 Å². The Morgan fingerprint density at radius 3 is 2.69 bits per heavy atom. The van der Waals surface area contributed by atoms with E-state index in [1.54, 1.807) is 18.2 Å². The number of ether oxygens (including phenoxy) is 1. The summed E-state index contributed by atoms with van der Waals surface area (Å²) in [5.74, 6) is -0.281. The normalized spacial score (nSPS) is 14.7. The maximum absolute atomic E-state index is 13.9. The second-order valence-electron chi connectivity index (χ2n) is 6.81. The summed E-state index contributed by atoms with van der Waals surface area (Å²) in [6, 6.07) is 12.5. The van der Waals surface area contributed by atoms with E-state index in [-0.39, 0.29) is 35.0 Å². The van der Waals surface area contributed by atoms with Crippen LogP contribution in [0.2, 0.25) is 0 Å². The van der Waals surface area contributed by atoms with Gasteiger partial charge in [0.2, 0.25) is 0 Å². The number of carbonyl (C=O) groups is 2. The van der Waals surface area contributed by atoms with Gasteiger partial charge in [0.15, 0.2) is 0 Å². The highest BCUT2D eigenvalue weighted by molar-refractivity contribution is 6.13. The number of imide groups is 1. The number of rotatable bonds is 6. The van der Waals surface area contributed by atoms with Crippen molar-refractivity contribution in [3.63, 3.8) is 0 Å². The van der Waals surface area contributed by atoms with Crippen molar-refractivity contribution < 1.29 is 28.1 Å². The molecule has 2 heterocycles. The molecule has 1 saturated heterocycles. The number of urea groups is 1. The number of hydrogen-bond donors (Lipinski definition) is 1. The number of halogens is 1. The lowest BCUT2D eigenvalue weighted by Crippen LogP contribution is -2.30. The average molecular weight is 437 g/mol. The van der Waals surface area contributed by atoms with Crippen LogP contribution in [-0.2, 0) is 11.3 Å². The molecule has 3 aromatic rings. The van der Waals surface area contributed by atoms with E-state index in [1.165, 1.54) is 49.6 Å². The fourth-order valence-electron chi connectivity index (χ4n) is 3.23. The molecule has 9 nitrogen and oxygen atoms in total. The second-order valence-corrected chi connectivity index (χ2v) is 6.81. The van der Waals surface area contributed by atoms with Gasteiger partial charge in [-0.1, -0.05) is 18.2 Å². The van der Waals surface area contributed by atoms with E-state index in [2.05, 4.69) is 5.32 Å². The van der Waals surface area contributed by atoms with Crippen molar-refractivity contribution in [3.8, 4) is 17.1 Å². The van der Waals surface area contributed by atoms with Gasteiger partial charge in [-0.25, -0.2) is 9.18 Å². The maximum Gasteiger partial charge on any atom is 0.329 e. The SMILES string of the molecule is COc1cc([N+](=O)[O-])ccc1-c1ccc(C=C2NC(=O)N(Cc3ccccc3F)C2=O)o1. The molecular weight excluding hydrogens is 421 g/mol. The van der Waals surface area contributed by atoms with E-state index < -0.39 is 22.7 Å². The summed E-state index contributed by atoms with van der Waals surface area (Å²) in [6.07, 6.45) is 1.35. The zero-order valence-corrected chi connectivity index (χ0v) is 16.7. The van der Waals surface area contributed by atoms with Crippen LogP contribution < -0.4 is 10.1 Å². The van der Waals surface area contributed by atoms with Gasteiger partial charge in [-0.15, -0.1) is 0 Å². The Morgan fingerprint density at radius 1 is 1.19 bits per heavy atom. The number of methoxy groups -OCH3 is 1. The van der Waals surface area contributed by atoms with Crippen molar-refractivity contribution in [2.45, 2.75) is 6.54 Å². The topological polar surface area (TPSA) is 115 Å². The van der Waals surface area contributed by atoms with Crippen molar-refractivity contribution in [1.82, 2.24) is 10.2 Å². The van der Waals surface area contributed by atoms with Gasteiger partial charge >= 0.3 is 6.03 Å². The van der Waals surface area contributed by atoms with Gasteiger partial charge in [0.05, 0.1) is 30.2 Å². The molecule has 0 aliphatic carbocycles. The van der Waals surface area contributed by atoms with E-state index in [0.29, 0.717) is 11.3 Å². The first-order valence-electron chi connectivity index (χ1n) is 9.38. The molecule has 0 spiro atoms. The predicted molar refractivity (Wildman–Crippen MR) is 111 cm³/mol. The molecule has 0 saturated carbocycles. The molecule has 3 amide bonds. The zero-order chi connectivity index (χ0) is 22.8. The molecule has 1 N–H and O–H groups in total. The lowest BCUT2D eigenvalue weighted by atomic mass is 10.1. The number of nitrogens with one attached hydrogen (secondary N) is 1. The van der Waals surface area contributed by atoms with Gasteiger partial charge in [0, 0.05) is 17.7 Å². The fraction of sp³-hybridized carbons (Fsp3) is 0.0909. The zero-order valence-electron chi connectivity index (χ0n) is 16.7. The third-order valence-corrected chi connectivity index (χ3v) is 4.82. The monoisotopic (exact) mass is 437 g/mol. The van der Waals surface area contributed by atoms with Gasteiger partial charge in [-0.05, 0) is 24.3 Å². The fourth-order valence-corrected chi connectivity index (χ4v) is 3.23. The molecule has 4 rings (SSSR count). The minimum Gasteiger partial charge on any atom is -0.496 e. The molecule has 32 heavy (non-hydrogen) atoms.